The highest BCUT2D eigenvalue weighted by atomic mass is 32.2. The Labute approximate surface area is 123 Å². The van der Waals surface area contributed by atoms with E-state index >= 15 is 0 Å². The third-order valence-corrected chi connectivity index (χ3v) is 4.57. The number of benzene rings is 1. The lowest BCUT2D eigenvalue weighted by Gasteiger charge is -2.21. The van der Waals surface area contributed by atoms with Gasteiger partial charge in [0, 0.05) is 6.07 Å². The highest BCUT2D eigenvalue weighted by Gasteiger charge is 2.21. The summed E-state index contributed by atoms with van der Waals surface area (Å²) in [6.07, 6.45) is 5.65. The van der Waals surface area contributed by atoms with Crippen LogP contribution in [0.4, 0.5) is 5.69 Å². The molecule has 2 rings (SSSR count). The molecule has 0 heterocycles. The Hall–Kier alpha value is -1.67. The van der Waals surface area contributed by atoms with Crippen LogP contribution >= 0.6 is 0 Å². The molecule has 0 amide bonds. The van der Waals surface area contributed by atoms with Crippen molar-refractivity contribution in [3.63, 3.8) is 0 Å². The predicted molar refractivity (Wildman–Crippen MR) is 76.5 cm³/mol. The maximum atomic E-state index is 11.2. The van der Waals surface area contributed by atoms with Gasteiger partial charge >= 0.3 is 5.69 Å². The van der Waals surface area contributed by atoms with Gasteiger partial charge in [0.05, 0.1) is 16.4 Å². The molecular formula is C13H18N2O5S. The number of hydrogen-bond donors (Lipinski definition) is 1. The number of nitro benzene ring substituents is 1. The summed E-state index contributed by atoms with van der Waals surface area (Å²) in [5.74, 6) is 0.481. The van der Waals surface area contributed by atoms with Gasteiger partial charge in [-0.15, -0.1) is 0 Å². The van der Waals surface area contributed by atoms with Crippen LogP contribution in [0, 0.1) is 16.0 Å². The monoisotopic (exact) mass is 314 g/mol. The normalized spacial score (nSPS) is 16.6. The van der Waals surface area contributed by atoms with Gasteiger partial charge in [-0.25, -0.2) is 13.6 Å². The lowest BCUT2D eigenvalue weighted by atomic mass is 9.90. The van der Waals surface area contributed by atoms with Crippen molar-refractivity contribution >= 4 is 15.7 Å². The third-order valence-electron chi connectivity index (χ3n) is 3.65. The van der Waals surface area contributed by atoms with E-state index in [-0.39, 0.29) is 16.3 Å². The maximum Gasteiger partial charge on any atom is 0.312 e. The first kappa shape index (κ1) is 15.7. The van der Waals surface area contributed by atoms with Gasteiger partial charge in [0.25, 0.3) is 0 Å². The number of nitrogens with zero attached hydrogens (tertiary/aromatic N) is 1. The van der Waals surface area contributed by atoms with Crippen molar-refractivity contribution in [2.24, 2.45) is 11.1 Å². The number of sulfonamides is 1. The van der Waals surface area contributed by atoms with E-state index in [1.54, 1.807) is 0 Å². The molecule has 1 fully saturated rings. The summed E-state index contributed by atoms with van der Waals surface area (Å²) in [7, 11) is -3.97. The summed E-state index contributed by atoms with van der Waals surface area (Å²) in [4.78, 5) is 10.1. The van der Waals surface area contributed by atoms with Crippen molar-refractivity contribution in [2.45, 2.75) is 37.0 Å². The topological polar surface area (TPSA) is 113 Å². The first-order valence-electron chi connectivity index (χ1n) is 6.82. The van der Waals surface area contributed by atoms with Gasteiger partial charge in [-0.05, 0) is 30.9 Å². The Kier molecular flexibility index (Phi) is 4.79. The minimum absolute atomic E-state index is 0.0815. The number of primary sulfonamides is 1. The van der Waals surface area contributed by atoms with E-state index in [0.29, 0.717) is 12.5 Å². The Morgan fingerprint density at radius 2 is 1.95 bits per heavy atom. The van der Waals surface area contributed by atoms with E-state index in [0.717, 1.165) is 31.7 Å². The molecule has 0 atom stereocenters. The molecule has 0 spiro atoms. The van der Waals surface area contributed by atoms with Crippen molar-refractivity contribution in [2.75, 3.05) is 6.61 Å². The lowest BCUT2D eigenvalue weighted by Crippen LogP contribution is -2.16. The number of ether oxygens (including phenoxy) is 1. The summed E-state index contributed by atoms with van der Waals surface area (Å²) in [6.45, 7) is 0.412. The average Bonchev–Trinajstić information content (AvgIpc) is 2.45. The zero-order chi connectivity index (χ0) is 15.5. The average molecular weight is 314 g/mol. The molecule has 1 aliphatic carbocycles. The molecule has 2 N–H and O–H groups in total. The fourth-order valence-corrected chi connectivity index (χ4v) is 3.03. The van der Waals surface area contributed by atoms with Gasteiger partial charge in [-0.1, -0.05) is 19.3 Å². The Bertz CT molecular complexity index is 623. The van der Waals surface area contributed by atoms with Crippen molar-refractivity contribution in [3.8, 4) is 5.75 Å². The summed E-state index contributed by atoms with van der Waals surface area (Å²) in [5, 5.41) is 16.0. The van der Waals surface area contributed by atoms with E-state index in [1.807, 2.05) is 0 Å². The highest BCUT2D eigenvalue weighted by molar-refractivity contribution is 7.89. The number of nitro groups is 1. The van der Waals surface area contributed by atoms with Gasteiger partial charge in [0.1, 0.15) is 0 Å². The van der Waals surface area contributed by atoms with E-state index < -0.39 is 14.9 Å². The van der Waals surface area contributed by atoms with Crippen LogP contribution in [0.3, 0.4) is 0 Å². The quantitative estimate of drug-likeness (QED) is 0.661. The van der Waals surface area contributed by atoms with Crippen molar-refractivity contribution in [1.82, 2.24) is 0 Å². The zero-order valence-electron chi connectivity index (χ0n) is 11.5. The summed E-state index contributed by atoms with van der Waals surface area (Å²) >= 11 is 0. The molecule has 1 saturated carbocycles. The number of nitrogens with two attached hydrogens (primary N) is 1. The molecule has 7 nitrogen and oxygen atoms in total. The molecule has 1 aromatic rings. The first-order chi connectivity index (χ1) is 9.88. The van der Waals surface area contributed by atoms with Gasteiger partial charge in [-0.3, -0.25) is 10.1 Å². The first-order valence-corrected chi connectivity index (χ1v) is 8.36. The molecule has 0 aromatic heterocycles. The third kappa shape index (κ3) is 4.15. The fraction of sp³-hybridized carbons (Fsp3) is 0.538. The Morgan fingerprint density at radius 3 is 2.52 bits per heavy atom. The highest BCUT2D eigenvalue weighted by Crippen LogP contribution is 2.31. The second-order valence-electron chi connectivity index (χ2n) is 5.25. The second-order valence-corrected chi connectivity index (χ2v) is 6.81. The SMILES string of the molecule is NS(=O)(=O)c1ccc(OCC2CCCCC2)c([N+](=O)[O-])c1. The predicted octanol–water partition coefficient (Wildman–Crippen LogP) is 2.20. The van der Waals surface area contributed by atoms with Gasteiger partial charge in [0.15, 0.2) is 5.75 Å². The minimum Gasteiger partial charge on any atom is -0.487 e. The number of rotatable bonds is 5. The minimum atomic E-state index is -3.97. The van der Waals surface area contributed by atoms with Gasteiger partial charge in [0.2, 0.25) is 10.0 Å². The van der Waals surface area contributed by atoms with Crippen molar-refractivity contribution in [1.29, 1.82) is 0 Å². The van der Waals surface area contributed by atoms with Crippen LogP contribution in [0.5, 0.6) is 5.75 Å². The van der Waals surface area contributed by atoms with E-state index in [9.17, 15) is 18.5 Å². The number of hydrogen-bond acceptors (Lipinski definition) is 5. The van der Waals surface area contributed by atoms with Gasteiger partial charge in [-0.2, -0.15) is 0 Å². The largest absolute Gasteiger partial charge is 0.487 e. The van der Waals surface area contributed by atoms with Crippen LogP contribution in [-0.4, -0.2) is 19.9 Å². The van der Waals surface area contributed by atoms with Crippen LogP contribution in [0.15, 0.2) is 23.1 Å². The lowest BCUT2D eigenvalue weighted by molar-refractivity contribution is -0.386. The standard InChI is InChI=1S/C13H18N2O5S/c14-21(18,19)11-6-7-13(12(8-11)15(16)17)20-9-10-4-2-1-3-5-10/h6-8,10H,1-5,9H2,(H2,14,18,19). The van der Waals surface area contributed by atoms with Crippen molar-refractivity contribution < 1.29 is 18.1 Å². The van der Waals surface area contributed by atoms with E-state index in [2.05, 4.69) is 0 Å². The van der Waals surface area contributed by atoms with E-state index in [4.69, 9.17) is 9.88 Å². The van der Waals surface area contributed by atoms with Crippen LogP contribution in [0.2, 0.25) is 0 Å². The molecule has 0 bridgehead atoms. The van der Waals surface area contributed by atoms with Gasteiger partial charge < -0.3 is 4.74 Å². The summed E-state index contributed by atoms with van der Waals surface area (Å²) in [5.41, 5.74) is -0.377. The maximum absolute atomic E-state index is 11.2. The van der Waals surface area contributed by atoms with Crippen LogP contribution in [0.1, 0.15) is 32.1 Å². The summed E-state index contributed by atoms with van der Waals surface area (Å²) < 4.78 is 28.0. The molecule has 21 heavy (non-hydrogen) atoms. The second kappa shape index (κ2) is 6.40. The fourth-order valence-electron chi connectivity index (χ4n) is 2.50. The molecule has 8 heteroatoms. The van der Waals surface area contributed by atoms with Crippen LogP contribution in [-0.2, 0) is 10.0 Å². The van der Waals surface area contributed by atoms with E-state index in [1.165, 1.54) is 18.6 Å². The molecule has 0 saturated heterocycles. The molecule has 116 valence electrons. The van der Waals surface area contributed by atoms with Crippen LogP contribution in [0.25, 0.3) is 0 Å². The smallest absolute Gasteiger partial charge is 0.312 e. The molecular weight excluding hydrogens is 296 g/mol. The molecule has 1 aliphatic rings. The molecule has 0 radical (unpaired) electrons. The zero-order valence-corrected chi connectivity index (χ0v) is 12.3. The Balaban J connectivity index is 2.16. The molecule has 1 aromatic carbocycles. The summed E-state index contributed by atoms with van der Waals surface area (Å²) in [6, 6.07) is 3.45. The molecule has 0 aliphatic heterocycles. The molecule has 0 unspecified atom stereocenters. The van der Waals surface area contributed by atoms with Crippen molar-refractivity contribution in [3.05, 3.63) is 28.3 Å². The van der Waals surface area contributed by atoms with Crippen LogP contribution < -0.4 is 9.88 Å². The Morgan fingerprint density at radius 1 is 1.29 bits per heavy atom.